The van der Waals surface area contributed by atoms with Crippen molar-refractivity contribution in [2.24, 2.45) is 0 Å². The second-order valence-corrected chi connectivity index (χ2v) is 6.75. The number of ether oxygens (including phenoxy) is 1. The molecular formula is C15H14F2O4S. The Hall–Kier alpha value is -1.99. The summed E-state index contributed by atoms with van der Waals surface area (Å²) in [5, 5.41) is 9.84. The third-order valence-electron chi connectivity index (χ3n) is 2.98. The molecule has 0 amide bonds. The molecule has 1 unspecified atom stereocenters. The molecule has 0 saturated heterocycles. The van der Waals surface area contributed by atoms with Crippen LogP contribution < -0.4 is 4.74 Å². The van der Waals surface area contributed by atoms with E-state index < -0.39 is 27.6 Å². The van der Waals surface area contributed by atoms with E-state index in [-0.39, 0.29) is 17.1 Å². The molecule has 1 N–H and O–H groups in total. The van der Waals surface area contributed by atoms with Crippen LogP contribution in [0.25, 0.3) is 0 Å². The number of aliphatic hydroxyl groups excluding tert-OH is 1. The summed E-state index contributed by atoms with van der Waals surface area (Å²) in [6, 6.07) is 8.34. The predicted molar refractivity (Wildman–Crippen MR) is 76.4 cm³/mol. The molecule has 0 fully saturated rings. The van der Waals surface area contributed by atoms with Crippen LogP contribution >= 0.6 is 0 Å². The SMILES string of the molecule is CS(=O)(=O)c1ccc(OCC(O)c2cc(F)ccc2F)cc1. The van der Waals surface area contributed by atoms with Crippen molar-refractivity contribution in [3.63, 3.8) is 0 Å². The summed E-state index contributed by atoms with van der Waals surface area (Å²) in [6.45, 7) is -0.293. The topological polar surface area (TPSA) is 63.6 Å². The van der Waals surface area contributed by atoms with Crippen LogP contribution in [-0.4, -0.2) is 26.4 Å². The molecule has 22 heavy (non-hydrogen) atoms. The maximum atomic E-state index is 13.5. The van der Waals surface area contributed by atoms with Crippen molar-refractivity contribution in [1.29, 1.82) is 0 Å². The van der Waals surface area contributed by atoms with Gasteiger partial charge in [0.15, 0.2) is 9.84 Å². The van der Waals surface area contributed by atoms with E-state index in [1.807, 2.05) is 0 Å². The number of benzene rings is 2. The van der Waals surface area contributed by atoms with E-state index in [9.17, 15) is 22.3 Å². The molecule has 118 valence electrons. The maximum absolute atomic E-state index is 13.5. The van der Waals surface area contributed by atoms with Crippen LogP contribution in [0.2, 0.25) is 0 Å². The Morgan fingerprint density at radius 3 is 2.36 bits per heavy atom. The highest BCUT2D eigenvalue weighted by Gasteiger charge is 2.15. The molecule has 0 aromatic heterocycles. The van der Waals surface area contributed by atoms with Gasteiger partial charge in [0.2, 0.25) is 0 Å². The van der Waals surface area contributed by atoms with E-state index >= 15 is 0 Å². The fraction of sp³-hybridized carbons (Fsp3) is 0.200. The van der Waals surface area contributed by atoms with Gasteiger partial charge in [-0.05, 0) is 42.5 Å². The zero-order valence-corrected chi connectivity index (χ0v) is 12.5. The van der Waals surface area contributed by atoms with Crippen LogP contribution in [0.4, 0.5) is 8.78 Å². The van der Waals surface area contributed by atoms with Crippen molar-refractivity contribution < 1.29 is 27.0 Å². The smallest absolute Gasteiger partial charge is 0.175 e. The van der Waals surface area contributed by atoms with Gasteiger partial charge in [0, 0.05) is 11.8 Å². The highest BCUT2D eigenvalue weighted by Crippen LogP contribution is 2.21. The summed E-state index contributed by atoms with van der Waals surface area (Å²) < 4.78 is 54.4. The van der Waals surface area contributed by atoms with Gasteiger partial charge in [0.25, 0.3) is 0 Å². The lowest BCUT2D eigenvalue weighted by Gasteiger charge is -2.13. The predicted octanol–water partition coefficient (Wildman–Crippen LogP) is 2.48. The summed E-state index contributed by atoms with van der Waals surface area (Å²) in [5.74, 6) is -1.08. The van der Waals surface area contributed by atoms with Crippen molar-refractivity contribution in [1.82, 2.24) is 0 Å². The first-order chi connectivity index (χ1) is 10.3. The Kier molecular flexibility index (Phi) is 4.77. The van der Waals surface area contributed by atoms with Gasteiger partial charge in [-0.1, -0.05) is 0 Å². The Balaban J connectivity index is 2.05. The molecule has 0 heterocycles. The first kappa shape index (κ1) is 16.4. The molecule has 2 aromatic carbocycles. The van der Waals surface area contributed by atoms with Gasteiger partial charge in [-0.15, -0.1) is 0 Å². The minimum absolute atomic E-state index is 0.136. The van der Waals surface area contributed by atoms with Crippen LogP contribution in [0.15, 0.2) is 47.4 Å². The number of halogens is 2. The van der Waals surface area contributed by atoms with Gasteiger partial charge < -0.3 is 9.84 Å². The van der Waals surface area contributed by atoms with Crippen LogP contribution in [0.5, 0.6) is 5.75 Å². The van der Waals surface area contributed by atoms with Crippen molar-refractivity contribution in [3.05, 3.63) is 59.7 Å². The molecule has 0 spiro atoms. The number of sulfone groups is 1. The lowest BCUT2D eigenvalue weighted by atomic mass is 10.1. The molecule has 7 heteroatoms. The molecule has 0 aliphatic heterocycles. The zero-order valence-electron chi connectivity index (χ0n) is 11.7. The Labute approximate surface area is 126 Å². The van der Waals surface area contributed by atoms with E-state index in [1.54, 1.807) is 0 Å². The molecule has 2 rings (SSSR count). The molecule has 0 saturated carbocycles. The highest BCUT2D eigenvalue weighted by molar-refractivity contribution is 7.90. The minimum Gasteiger partial charge on any atom is -0.491 e. The first-order valence-electron chi connectivity index (χ1n) is 6.33. The van der Waals surface area contributed by atoms with Crippen LogP contribution in [-0.2, 0) is 9.84 Å². The zero-order chi connectivity index (χ0) is 16.3. The molecule has 0 aliphatic carbocycles. The minimum atomic E-state index is -3.30. The van der Waals surface area contributed by atoms with Gasteiger partial charge in [-0.2, -0.15) is 0 Å². The summed E-state index contributed by atoms with van der Waals surface area (Å²) in [7, 11) is -3.30. The average molecular weight is 328 g/mol. The van der Waals surface area contributed by atoms with Gasteiger partial charge >= 0.3 is 0 Å². The monoisotopic (exact) mass is 328 g/mol. The van der Waals surface area contributed by atoms with Gasteiger partial charge in [-0.3, -0.25) is 0 Å². The van der Waals surface area contributed by atoms with Gasteiger partial charge in [-0.25, -0.2) is 17.2 Å². The number of aliphatic hydroxyl groups is 1. The molecule has 1 atom stereocenters. The third kappa shape index (κ3) is 4.02. The molecule has 0 radical (unpaired) electrons. The van der Waals surface area contributed by atoms with E-state index in [2.05, 4.69) is 0 Å². The molecular weight excluding hydrogens is 314 g/mol. The molecule has 0 aliphatic rings. The number of hydrogen-bond acceptors (Lipinski definition) is 4. The summed E-state index contributed by atoms with van der Waals surface area (Å²) >= 11 is 0. The lowest BCUT2D eigenvalue weighted by molar-refractivity contribution is 0.104. The standard InChI is InChI=1S/C15H14F2O4S/c1-22(19,20)12-5-3-11(4-6-12)21-9-15(18)13-8-10(16)2-7-14(13)17/h2-8,15,18H,9H2,1H3. The largest absolute Gasteiger partial charge is 0.491 e. The van der Waals surface area contributed by atoms with Crippen LogP contribution in [0, 0.1) is 11.6 Å². The summed E-state index contributed by atoms with van der Waals surface area (Å²) in [5.41, 5.74) is -0.201. The van der Waals surface area contributed by atoms with Gasteiger partial charge in [0.05, 0.1) is 4.90 Å². The van der Waals surface area contributed by atoms with E-state index in [0.29, 0.717) is 5.75 Å². The number of hydrogen-bond donors (Lipinski definition) is 1. The molecule has 2 aromatic rings. The summed E-state index contributed by atoms with van der Waals surface area (Å²) in [6.07, 6.45) is -0.260. The Morgan fingerprint density at radius 1 is 1.14 bits per heavy atom. The first-order valence-corrected chi connectivity index (χ1v) is 8.22. The van der Waals surface area contributed by atoms with Gasteiger partial charge in [0.1, 0.15) is 30.1 Å². The number of rotatable bonds is 5. The van der Waals surface area contributed by atoms with E-state index in [4.69, 9.17) is 4.74 Å². The lowest BCUT2D eigenvalue weighted by Crippen LogP contribution is -2.11. The van der Waals surface area contributed by atoms with Crippen molar-refractivity contribution in [2.75, 3.05) is 12.9 Å². The normalized spacial score (nSPS) is 12.9. The van der Waals surface area contributed by atoms with Crippen molar-refractivity contribution in [3.8, 4) is 5.75 Å². The van der Waals surface area contributed by atoms with E-state index in [0.717, 1.165) is 24.5 Å². The van der Waals surface area contributed by atoms with Crippen molar-refractivity contribution >= 4 is 9.84 Å². The van der Waals surface area contributed by atoms with Crippen molar-refractivity contribution in [2.45, 2.75) is 11.0 Å². The average Bonchev–Trinajstić information content (AvgIpc) is 2.47. The Morgan fingerprint density at radius 2 is 1.77 bits per heavy atom. The van der Waals surface area contributed by atoms with E-state index in [1.165, 1.54) is 24.3 Å². The highest BCUT2D eigenvalue weighted by atomic mass is 32.2. The molecule has 0 bridgehead atoms. The fourth-order valence-electron chi connectivity index (χ4n) is 1.82. The third-order valence-corrected chi connectivity index (χ3v) is 4.11. The second-order valence-electron chi connectivity index (χ2n) is 4.74. The van der Waals surface area contributed by atoms with Crippen LogP contribution in [0.1, 0.15) is 11.7 Å². The van der Waals surface area contributed by atoms with Crippen LogP contribution in [0.3, 0.4) is 0 Å². The quantitative estimate of drug-likeness (QED) is 0.916. The fourth-order valence-corrected chi connectivity index (χ4v) is 2.45. The molecule has 4 nitrogen and oxygen atoms in total. The summed E-state index contributed by atoms with van der Waals surface area (Å²) in [4.78, 5) is 0.136. The maximum Gasteiger partial charge on any atom is 0.175 e. The second kappa shape index (κ2) is 6.41. The Bertz CT molecular complexity index is 758.